The maximum atomic E-state index is 13.1. The average Bonchev–Trinajstić information content (AvgIpc) is 2.37. The molecule has 0 radical (unpaired) electrons. The van der Waals surface area contributed by atoms with Gasteiger partial charge in [0.15, 0.2) is 11.6 Å². The molecule has 0 aliphatic carbocycles. The fourth-order valence-corrected chi connectivity index (χ4v) is 1.29. The van der Waals surface area contributed by atoms with Crippen molar-refractivity contribution in [1.29, 1.82) is 0 Å². The largest absolute Gasteiger partial charge is 0.494 e. The summed E-state index contributed by atoms with van der Waals surface area (Å²) in [4.78, 5) is 11.0. The highest BCUT2D eigenvalue weighted by molar-refractivity contribution is 5.81. The summed E-state index contributed by atoms with van der Waals surface area (Å²) >= 11 is 0. The molecule has 0 heterocycles. The van der Waals surface area contributed by atoms with E-state index < -0.39 is 5.82 Å². The van der Waals surface area contributed by atoms with Crippen LogP contribution < -0.4 is 10.1 Å². The van der Waals surface area contributed by atoms with Crippen LogP contribution in [0.3, 0.4) is 0 Å². The van der Waals surface area contributed by atoms with Gasteiger partial charge < -0.3 is 14.8 Å². The number of hydrogen-bond donors (Lipinski definition) is 1. The first kappa shape index (κ1) is 14.0. The van der Waals surface area contributed by atoms with Gasteiger partial charge in [-0.1, -0.05) is 6.08 Å². The second-order valence-electron chi connectivity index (χ2n) is 3.38. The van der Waals surface area contributed by atoms with Gasteiger partial charge in [-0.3, -0.25) is 0 Å². The monoisotopic (exact) mass is 253 g/mol. The Morgan fingerprint density at radius 1 is 1.50 bits per heavy atom. The molecule has 0 spiro atoms. The number of halogens is 1. The Balaban J connectivity index is 2.46. The minimum absolute atomic E-state index is 0.175. The van der Waals surface area contributed by atoms with Crippen LogP contribution in [0.15, 0.2) is 30.4 Å². The zero-order chi connectivity index (χ0) is 13.4. The molecule has 18 heavy (non-hydrogen) atoms. The Bertz CT molecular complexity index is 432. The van der Waals surface area contributed by atoms with Crippen LogP contribution in [0.5, 0.6) is 5.75 Å². The van der Waals surface area contributed by atoms with E-state index in [1.807, 2.05) is 0 Å². The fraction of sp³-hybridized carbons (Fsp3) is 0.308. The lowest BCUT2D eigenvalue weighted by molar-refractivity contribution is -0.137. The number of benzene rings is 1. The number of carbonyl (C=O) groups excluding carboxylic acids is 1. The maximum absolute atomic E-state index is 13.1. The Labute approximate surface area is 105 Å². The number of hydrogen-bond acceptors (Lipinski definition) is 4. The molecule has 4 nitrogen and oxygen atoms in total. The number of nitrogens with one attached hydrogen (secondary N) is 1. The molecule has 0 amide bonds. The van der Waals surface area contributed by atoms with Crippen molar-refractivity contribution in [2.45, 2.75) is 6.92 Å². The predicted octanol–water partition coefficient (Wildman–Crippen LogP) is 2.37. The van der Waals surface area contributed by atoms with Crippen molar-refractivity contribution in [3.8, 4) is 5.75 Å². The van der Waals surface area contributed by atoms with Gasteiger partial charge in [0.25, 0.3) is 0 Å². The van der Waals surface area contributed by atoms with Crippen LogP contribution in [0.4, 0.5) is 10.1 Å². The molecule has 0 unspecified atom stereocenters. The summed E-state index contributed by atoms with van der Waals surface area (Å²) in [6.07, 6.45) is 2.98. The predicted molar refractivity (Wildman–Crippen MR) is 67.2 cm³/mol. The van der Waals surface area contributed by atoms with Crippen molar-refractivity contribution in [3.05, 3.63) is 36.2 Å². The van der Waals surface area contributed by atoms with Crippen molar-refractivity contribution in [3.63, 3.8) is 0 Å². The minimum Gasteiger partial charge on any atom is -0.494 e. The third kappa shape index (κ3) is 4.45. The first-order valence-electron chi connectivity index (χ1n) is 5.58. The number of rotatable bonds is 6. The maximum Gasteiger partial charge on any atom is 0.330 e. The van der Waals surface area contributed by atoms with Crippen molar-refractivity contribution >= 4 is 11.7 Å². The second kappa shape index (κ2) is 7.32. The van der Waals surface area contributed by atoms with Crippen LogP contribution >= 0.6 is 0 Å². The Hall–Kier alpha value is -2.04. The molecule has 1 N–H and O–H groups in total. The Morgan fingerprint density at radius 2 is 2.28 bits per heavy atom. The van der Waals surface area contributed by atoms with E-state index in [4.69, 9.17) is 9.47 Å². The molecule has 1 aromatic carbocycles. The number of ether oxygens (including phenoxy) is 2. The Morgan fingerprint density at radius 3 is 2.94 bits per heavy atom. The molecule has 0 aliphatic heterocycles. The standard InChI is InChI=1S/C13H16FNO3/c1-3-18-13(16)5-4-8-15-10-6-7-11(14)12(9-10)17-2/h4-7,9,15H,3,8H2,1-2H3/b5-4+. The molecule has 98 valence electrons. The summed E-state index contributed by atoms with van der Waals surface area (Å²) < 4.78 is 22.7. The number of anilines is 1. The molecule has 1 aromatic rings. The minimum atomic E-state index is -0.412. The van der Waals surface area contributed by atoms with Crippen LogP contribution in [0.1, 0.15) is 6.92 Å². The number of carbonyl (C=O) groups is 1. The number of esters is 1. The van der Waals surface area contributed by atoms with Crippen molar-refractivity contribution in [2.75, 3.05) is 25.6 Å². The van der Waals surface area contributed by atoms with E-state index in [9.17, 15) is 9.18 Å². The molecule has 0 aromatic heterocycles. The normalized spacial score (nSPS) is 10.4. The first-order chi connectivity index (χ1) is 8.67. The lowest BCUT2D eigenvalue weighted by Gasteiger charge is -2.06. The number of methoxy groups -OCH3 is 1. The highest BCUT2D eigenvalue weighted by Gasteiger charge is 2.02. The SMILES string of the molecule is CCOC(=O)/C=C/CNc1ccc(F)c(OC)c1. The molecule has 0 saturated heterocycles. The van der Waals surface area contributed by atoms with Gasteiger partial charge in [-0.15, -0.1) is 0 Å². The Kier molecular flexibility index (Phi) is 5.70. The summed E-state index contributed by atoms with van der Waals surface area (Å²) in [6.45, 7) is 2.54. The summed E-state index contributed by atoms with van der Waals surface area (Å²) in [5, 5.41) is 3.00. The molecule has 0 saturated carbocycles. The summed E-state index contributed by atoms with van der Waals surface area (Å²) in [6, 6.07) is 4.46. The topological polar surface area (TPSA) is 47.6 Å². The molecular weight excluding hydrogens is 237 g/mol. The summed E-state index contributed by atoms with van der Waals surface area (Å²) in [7, 11) is 1.41. The molecule has 0 aliphatic rings. The highest BCUT2D eigenvalue weighted by Crippen LogP contribution is 2.21. The van der Waals surface area contributed by atoms with Gasteiger partial charge in [-0.05, 0) is 19.1 Å². The first-order valence-corrected chi connectivity index (χ1v) is 5.58. The zero-order valence-corrected chi connectivity index (χ0v) is 10.4. The van der Waals surface area contributed by atoms with E-state index in [1.165, 1.54) is 19.3 Å². The van der Waals surface area contributed by atoms with E-state index in [0.717, 1.165) is 0 Å². The van der Waals surface area contributed by atoms with Crippen LogP contribution in [0.2, 0.25) is 0 Å². The lowest BCUT2D eigenvalue weighted by Crippen LogP contribution is -2.02. The van der Waals surface area contributed by atoms with Crippen LogP contribution in [-0.4, -0.2) is 26.2 Å². The van der Waals surface area contributed by atoms with Gasteiger partial charge in [0.05, 0.1) is 13.7 Å². The molecule has 0 bridgehead atoms. The van der Waals surface area contributed by atoms with Gasteiger partial charge in [-0.25, -0.2) is 9.18 Å². The average molecular weight is 253 g/mol. The molecule has 5 heteroatoms. The third-order valence-corrected chi connectivity index (χ3v) is 2.12. The van der Waals surface area contributed by atoms with E-state index in [1.54, 1.807) is 25.1 Å². The lowest BCUT2D eigenvalue weighted by atomic mass is 10.3. The van der Waals surface area contributed by atoms with Gasteiger partial charge >= 0.3 is 5.97 Å². The highest BCUT2D eigenvalue weighted by atomic mass is 19.1. The van der Waals surface area contributed by atoms with Gasteiger partial charge in [-0.2, -0.15) is 0 Å². The quantitative estimate of drug-likeness (QED) is 0.624. The van der Waals surface area contributed by atoms with E-state index in [2.05, 4.69) is 5.32 Å². The summed E-state index contributed by atoms with van der Waals surface area (Å²) in [5.41, 5.74) is 0.710. The van der Waals surface area contributed by atoms with Crippen molar-refractivity contribution in [2.24, 2.45) is 0 Å². The van der Waals surface area contributed by atoms with Crippen LogP contribution in [-0.2, 0) is 9.53 Å². The van der Waals surface area contributed by atoms with Crippen LogP contribution in [0.25, 0.3) is 0 Å². The van der Waals surface area contributed by atoms with Gasteiger partial charge in [0, 0.05) is 24.4 Å². The van der Waals surface area contributed by atoms with Gasteiger partial charge in [0.2, 0.25) is 0 Å². The smallest absolute Gasteiger partial charge is 0.330 e. The fourth-order valence-electron chi connectivity index (χ4n) is 1.29. The molecule has 0 fully saturated rings. The van der Waals surface area contributed by atoms with Crippen molar-refractivity contribution < 1.29 is 18.7 Å². The van der Waals surface area contributed by atoms with Crippen molar-refractivity contribution in [1.82, 2.24) is 0 Å². The van der Waals surface area contributed by atoms with Gasteiger partial charge in [0.1, 0.15) is 0 Å². The molecule has 1 rings (SSSR count). The molecule has 0 atom stereocenters. The van der Waals surface area contributed by atoms with E-state index in [-0.39, 0.29) is 11.7 Å². The third-order valence-electron chi connectivity index (χ3n) is 2.12. The molecular formula is C13H16FNO3. The van der Waals surface area contributed by atoms with Crippen LogP contribution in [0, 0.1) is 5.82 Å². The second-order valence-corrected chi connectivity index (χ2v) is 3.38. The van der Waals surface area contributed by atoms with E-state index in [0.29, 0.717) is 18.8 Å². The zero-order valence-electron chi connectivity index (χ0n) is 10.4. The summed E-state index contributed by atoms with van der Waals surface area (Å²) in [5.74, 6) is -0.615. The van der Waals surface area contributed by atoms with E-state index >= 15 is 0 Å².